The number of imide groups is 1. The molecule has 0 aromatic heterocycles. The van der Waals surface area contributed by atoms with Crippen LogP contribution in [0, 0.1) is 3.57 Å². The predicted octanol–water partition coefficient (Wildman–Crippen LogP) is 5.13. The molecule has 3 rings (SSSR count). The van der Waals surface area contributed by atoms with Crippen molar-refractivity contribution in [1.29, 1.82) is 0 Å². The third-order valence-corrected chi connectivity index (χ3v) is 6.69. The van der Waals surface area contributed by atoms with Crippen LogP contribution >= 0.6 is 46.0 Å². The summed E-state index contributed by atoms with van der Waals surface area (Å²) in [6, 6.07) is 9.91. The molecule has 10 heteroatoms. The van der Waals surface area contributed by atoms with Gasteiger partial charge in [0, 0.05) is 10.6 Å². The highest BCUT2D eigenvalue weighted by molar-refractivity contribution is 14.1. The molecule has 0 aliphatic carbocycles. The van der Waals surface area contributed by atoms with E-state index < -0.39 is 23.2 Å². The van der Waals surface area contributed by atoms with Crippen LogP contribution in [0.25, 0.3) is 6.08 Å². The molecule has 2 aromatic carbocycles. The molecular weight excluding hydrogens is 569 g/mol. The van der Waals surface area contributed by atoms with Crippen molar-refractivity contribution in [2.24, 2.45) is 0 Å². The third kappa shape index (κ3) is 5.21. The van der Waals surface area contributed by atoms with E-state index in [4.69, 9.17) is 21.1 Å². The number of ether oxygens (including phenoxy) is 3. The van der Waals surface area contributed by atoms with Crippen LogP contribution in [0.3, 0.4) is 0 Å². The van der Waals surface area contributed by atoms with Crippen LogP contribution in [0.15, 0.2) is 41.3 Å². The number of amides is 2. The van der Waals surface area contributed by atoms with Crippen LogP contribution in [-0.2, 0) is 20.9 Å². The first kappa shape index (κ1) is 24.4. The predicted molar refractivity (Wildman–Crippen MR) is 131 cm³/mol. The molecule has 32 heavy (non-hydrogen) atoms. The normalized spacial score (nSPS) is 15.8. The largest absolute Gasteiger partial charge is 0.493 e. The average Bonchev–Trinajstić information content (AvgIpc) is 3.05. The van der Waals surface area contributed by atoms with E-state index in [-0.39, 0.29) is 11.5 Å². The number of carbonyl (C=O) groups is 3. The molecule has 1 saturated heterocycles. The molecule has 168 valence electrons. The summed E-state index contributed by atoms with van der Waals surface area (Å²) in [4.78, 5) is 37.9. The minimum atomic E-state index is -1.01. The second-order valence-electron chi connectivity index (χ2n) is 6.67. The number of benzene rings is 2. The zero-order valence-corrected chi connectivity index (χ0v) is 21.1. The molecule has 2 amide bonds. The average molecular weight is 588 g/mol. The van der Waals surface area contributed by atoms with Gasteiger partial charge in [0.2, 0.25) is 0 Å². The zero-order valence-electron chi connectivity index (χ0n) is 17.4. The van der Waals surface area contributed by atoms with Gasteiger partial charge in [0.25, 0.3) is 11.1 Å². The fourth-order valence-electron chi connectivity index (χ4n) is 2.97. The van der Waals surface area contributed by atoms with Gasteiger partial charge in [-0.25, -0.2) is 4.79 Å². The Morgan fingerprint density at radius 2 is 1.97 bits per heavy atom. The van der Waals surface area contributed by atoms with Crippen molar-refractivity contribution in [2.45, 2.75) is 19.6 Å². The van der Waals surface area contributed by atoms with Crippen LogP contribution < -0.4 is 9.47 Å². The van der Waals surface area contributed by atoms with Gasteiger partial charge in [0.1, 0.15) is 12.6 Å². The Labute approximate surface area is 208 Å². The smallest absolute Gasteiger partial charge is 0.328 e. The number of halogens is 2. The Kier molecular flexibility index (Phi) is 8.07. The summed E-state index contributed by atoms with van der Waals surface area (Å²) in [6.07, 6.45) is 1.58. The zero-order chi connectivity index (χ0) is 23.4. The van der Waals surface area contributed by atoms with Gasteiger partial charge in [-0.3, -0.25) is 14.5 Å². The number of esters is 1. The molecule has 1 aliphatic rings. The third-order valence-electron chi connectivity index (χ3n) is 4.63. The summed E-state index contributed by atoms with van der Waals surface area (Å²) < 4.78 is 16.8. The van der Waals surface area contributed by atoms with E-state index in [1.165, 1.54) is 21.1 Å². The summed E-state index contributed by atoms with van der Waals surface area (Å²) in [5.74, 6) is -0.203. The number of methoxy groups -OCH3 is 2. The molecule has 1 atom stereocenters. The van der Waals surface area contributed by atoms with E-state index in [0.29, 0.717) is 22.1 Å². The highest BCUT2D eigenvalue weighted by Gasteiger charge is 2.41. The molecular formula is C22H19ClINO6S. The van der Waals surface area contributed by atoms with Crippen molar-refractivity contribution in [1.82, 2.24) is 4.90 Å². The van der Waals surface area contributed by atoms with Crippen LogP contribution in [0.5, 0.6) is 11.5 Å². The number of nitrogens with zero attached hydrogens (tertiary/aromatic N) is 1. The Bertz CT molecular complexity index is 1110. The van der Waals surface area contributed by atoms with E-state index in [1.807, 2.05) is 24.3 Å². The van der Waals surface area contributed by atoms with Gasteiger partial charge in [-0.1, -0.05) is 29.8 Å². The first-order chi connectivity index (χ1) is 15.3. The number of thioether (sulfide) groups is 1. The minimum Gasteiger partial charge on any atom is -0.493 e. The molecule has 0 N–H and O–H groups in total. The molecule has 0 saturated carbocycles. The van der Waals surface area contributed by atoms with Crippen molar-refractivity contribution in [3.63, 3.8) is 0 Å². The van der Waals surface area contributed by atoms with Gasteiger partial charge in [0.05, 0.1) is 22.7 Å². The Balaban J connectivity index is 1.85. The van der Waals surface area contributed by atoms with Gasteiger partial charge in [-0.05, 0) is 71.1 Å². The van der Waals surface area contributed by atoms with Crippen molar-refractivity contribution in [3.05, 3.63) is 61.0 Å². The molecule has 2 aromatic rings. The standard InChI is InChI=1S/C22H19ClINO6S/c1-12(21(27)30-3)25-20(26)18(32-22(25)28)10-13-8-16(24)19(17(9-13)29-2)31-11-14-6-4-5-7-15(14)23/h4-10,12H,11H2,1-3H3/b18-10+/t12-/m1/s1. The molecule has 1 heterocycles. The number of rotatable bonds is 7. The molecule has 0 spiro atoms. The molecule has 0 bridgehead atoms. The first-order valence-electron chi connectivity index (χ1n) is 9.35. The highest BCUT2D eigenvalue weighted by atomic mass is 127. The second-order valence-corrected chi connectivity index (χ2v) is 9.23. The van der Waals surface area contributed by atoms with Crippen molar-refractivity contribution < 1.29 is 28.6 Å². The lowest BCUT2D eigenvalue weighted by molar-refractivity contribution is -0.148. The van der Waals surface area contributed by atoms with E-state index in [1.54, 1.807) is 18.2 Å². The van der Waals surface area contributed by atoms with Gasteiger partial charge >= 0.3 is 5.97 Å². The first-order valence-corrected chi connectivity index (χ1v) is 11.6. The summed E-state index contributed by atoms with van der Waals surface area (Å²) in [5.41, 5.74) is 1.48. The van der Waals surface area contributed by atoms with E-state index in [2.05, 4.69) is 27.3 Å². The fourth-order valence-corrected chi connectivity index (χ4v) is 4.85. The maximum Gasteiger partial charge on any atom is 0.328 e. The monoisotopic (exact) mass is 587 g/mol. The van der Waals surface area contributed by atoms with Gasteiger partial charge in [-0.15, -0.1) is 0 Å². The van der Waals surface area contributed by atoms with Gasteiger partial charge in [-0.2, -0.15) is 0 Å². The Morgan fingerprint density at radius 1 is 1.25 bits per heavy atom. The van der Waals surface area contributed by atoms with Crippen LogP contribution in [-0.4, -0.2) is 42.3 Å². The lowest BCUT2D eigenvalue weighted by atomic mass is 10.1. The summed E-state index contributed by atoms with van der Waals surface area (Å²) in [7, 11) is 2.72. The quantitative estimate of drug-likeness (QED) is 0.252. The van der Waals surface area contributed by atoms with Crippen LogP contribution in [0.1, 0.15) is 18.1 Å². The number of hydrogen-bond acceptors (Lipinski definition) is 7. The summed E-state index contributed by atoms with van der Waals surface area (Å²) in [5, 5.41) is 0.0792. The summed E-state index contributed by atoms with van der Waals surface area (Å²) >= 11 is 9.08. The molecule has 0 unspecified atom stereocenters. The molecule has 0 radical (unpaired) electrons. The topological polar surface area (TPSA) is 82.1 Å². The van der Waals surface area contributed by atoms with Gasteiger partial charge < -0.3 is 14.2 Å². The maximum atomic E-state index is 12.7. The maximum absolute atomic E-state index is 12.7. The highest BCUT2D eigenvalue weighted by Crippen LogP contribution is 2.38. The minimum absolute atomic E-state index is 0.202. The molecule has 1 aliphatic heterocycles. The number of carbonyl (C=O) groups excluding carboxylic acids is 3. The van der Waals surface area contributed by atoms with E-state index in [9.17, 15) is 14.4 Å². The van der Waals surface area contributed by atoms with Crippen LogP contribution in [0.2, 0.25) is 5.02 Å². The Morgan fingerprint density at radius 3 is 2.62 bits per heavy atom. The second kappa shape index (κ2) is 10.6. The SMILES string of the molecule is COC(=O)[C@@H](C)N1C(=O)S/C(=C/c2cc(I)c(OCc3ccccc3Cl)c(OC)c2)C1=O. The summed E-state index contributed by atoms with van der Waals surface area (Å²) in [6.45, 7) is 1.71. The Hall–Kier alpha value is -2.24. The van der Waals surface area contributed by atoms with Crippen LogP contribution in [0.4, 0.5) is 4.79 Å². The van der Waals surface area contributed by atoms with Crippen molar-refractivity contribution in [2.75, 3.05) is 14.2 Å². The van der Waals surface area contributed by atoms with Crippen molar-refractivity contribution >= 4 is 69.1 Å². The lowest BCUT2D eigenvalue weighted by Crippen LogP contribution is -2.42. The van der Waals surface area contributed by atoms with Gasteiger partial charge in [0.15, 0.2) is 11.5 Å². The number of hydrogen-bond donors (Lipinski definition) is 0. The lowest BCUT2D eigenvalue weighted by Gasteiger charge is -2.18. The van der Waals surface area contributed by atoms with E-state index >= 15 is 0 Å². The van der Waals surface area contributed by atoms with Crippen molar-refractivity contribution in [3.8, 4) is 11.5 Å². The molecule has 7 nitrogen and oxygen atoms in total. The molecule has 1 fully saturated rings. The van der Waals surface area contributed by atoms with E-state index in [0.717, 1.165) is 25.8 Å². The fraction of sp³-hybridized carbons (Fsp3) is 0.227.